The lowest BCUT2D eigenvalue weighted by Crippen LogP contribution is -2.46. The van der Waals surface area contributed by atoms with Crippen LogP contribution >= 0.6 is 7.60 Å². The molecule has 0 spiro atoms. The molecule has 1 aliphatic rings. The highest BCUT2D eigenvalue weighted by molar-refractivity contribution is 7.55. The second-order valence-corrected chi connectivity index (χ2v) is 10.2. The van der Waals surface area contributed by atoms with Crippen molar-refractivity contribution >= 4 is 13.5 Å². The van der Waals surface area contributed by atoms with Crippen LogP contribution in [-0.4, -0.2) is 30.8 Å². The molecule has 0 radical (unpaired) electrons. The van der Waals surface area contributed by atoms with Crippen LogP contribution in [-0.2, 0) is 18.4 Å². The van der Waals surface area contributed by atoms with E-state index in [9.17, 15) is 9.36 Å². The molecule has 2 atom stereocenters. The minimum atomic E-state index is -3.40. The zero-order valence-electron chi connectivity index (χ0n) is 19.1. The van der Waals surface area contributed by atoms with E-state index in [-0.39, 0.29) is 25.2 Å². The Morgan fingerprint density at radius 1 is 1.00 bits per heavy atom. The number of hydrogen-bond acceptors (Lipinski definition) is 4. The summed E-state index contributed by atoms with van der Waals surface area (Å²) >= 11 is 0. The van der Waals surface area contributed by atoms with E-state index >= 15 is 0 Å². The van der Waals surface area contributed by atoms with Gasteiger partial charge in [0.15, 0.2) is 0 Å². The topological polar surface area (TPSA) is 64.6 Å². The van der Waals surface area contributed by atoms with Gasteiger partial charge in [-0.25, -0.2) is 0 Å². The normalized spacial score (nSPS) is 21.1. The van der Waals surface area contributed by atoms with E-state index in [4.69, 9.17) is 9.05 Å². The van der Waals surface area contributed by atoms with Crippen LogP contribution in [0.5, 0.6) is 0 Å². The fourth-order valence-electron chi connectivity index (χ4n) is 3.49. The lowest BCUT2D eigenvalue weighted by Gasteiger charge is -2.31. The molecule has 0 aromatic heterocycles. The highest BCUT2D eigenvalue weighted by Crippen LogP contribution is 2.55. The first-order valence-electron chi connectivity index (χ1n) is 10.9. The Bertz CT molecular complexity index is 652. The zero-order valence-corrected chi connectivity index (χ0v) is 20.0. The van der Waals surface area contributed by atoms with Crippen molar-refractivity contribution in [1.82, 2.24) is 5.32 Å². The number of carbonyl (C=O) groups excluding carboxylic acids is 1. The lowest BCUT2D eigenvalue weighted by atomic mass is 9.99. The molecule has 0 saturated carbocycles. The van der Waals surface area contributed by atoms with Gasteiger partial charge in [0.1, 0.15) is 5.66 Å². The Morgan fingerprint density at radius 3 is 2.14 bits per heavy atom. The molecule has 6 heteroatoms. The van der Waals surface area contributed by atoms with Gasteiger partial charge in [-0.2, -0.15) is 0 Å². The first-order chi connectivity index (χ1) is 13.7. The molecule has 1 aliphatic heterocycles. The molecular weight excluding hydrogens is 385 g/mol. The van der Waals surface area contributed by atoms with Crippen LogP contribution in [0.25, 0.3) is 0 Å². The maximum absolute atomic E-state index is 12.9. The van der Waals surface area contributed by atoms with E-state index in [1.165, 1.54) is 16.7 Å². The molecule has 166 valence electrons. The Hall–Kier alpha value is -1.16. The highest BCUT2D eigenvalue weighted by atomic mass is 31.2. The van der Waals surface area contributed by atoms with Gasteiger partial charge in [-0.15, -0.1) is 0 Å². The fourth-order valence-corrected chi connectivity index (χ4v) is 5.47. The molecule has 5 nitrogen and oxygen atoms in total. The van der Waals surface area contributed by atoms with Crippen LogP contribution in [0.1, 0.15) is 80.1 Å². The molecule has 1 rings (SSSR count). The smallest absolute Gasteiger partial charge is 0.343 e. The standard InChI is InChI=1S/C23H40NO4P/c1-7-27-29(26,28-8-2)22-16-15-21(24-23(22)25)17-20(6)14-10-13-19(5)12-9-11-18(3)4/h11,13,17,21-22H,7-10,12,14-16H2,1-6H3,(H,24,25)/b19-13+,20-17+/t21-,22?/m1/s1. The van der Waals surface area contributed by atoms with E-state index in [1.807, 2.05) is 0 Å². The van der Waals surface area contributed by atoms with Crippen molar-refractivity contribution in [3.05, 3.63) is 34.9 Å². The average Bonchev–Trinajstić information content (AvgIpc) is 2.61. The molecule has 0 aliphatic carbocycles. The summed E-state index contributed by atoms with van der Waals surface area (Å²) < 4.78 is 23.6. The van der Waals surface area contributed by atoms with E-state index in [1.54, 1.807) is 13.8 Å². The van der Waals surface area contributed by atoms with Crippen molar-refractivity contribution < 1.29 is 18.4 Å². The second-order valence-electron chi connectivity index (χ2n) is 8.01. The van der Waals surface area contributed by atoms with Crippen molar-refractivity contribution in [2.75, 3.05) is 13.2 Å². The lowest BCUT2D eigenvalue weighted by molar-refractivity contribution is -0.122. The number of nitrogens with one attached hydrogen (secondary N) is 1. The predicted molar refractivity (Wildman–Crippen MR) is 121 cm³/mol. The first kappa shape index (κ1) is 25.9. The number of piperidine rings is 1. The van der Waals surface area contributed by atoms with Crippen molar-refractivity contribution in [2.24, 2.45) is 0 Å². The van der Waals surface area contributed by atoms with E-state index in [0.717, 1.165) is 32.1 Å². The summed E-state index contributed by atoms with van der Waals surface area (Å²) in [4.78, 5) is 12.5. The number of allylic oxidation sites excluding steroid dienone is 5. The fraction of sp³-hybridized carbons (Fsp3) is 0.696. The third kappa shape index (κ3) is 9.46. The van der Waals surface area contributed by atoms with Gasteiger partial charge in [-0.1, -0.05) is 34.9 Å². The summed E-state index contributed by atoms with van der Waals surface area (Å²) in [6.07, 6.45) is 12.2. The maximum Gasteiger partial charge on any atom is 0.343 e. The monoisotopic (exact) mass is 425 g/mol. The molecule has 29 heavy (non-hydrogen) atoms. The molecule has 1 fully saturated rings. The molecule has 1 saturated heterocycles. The zero-order chi connectivity index (χ0) is 21.9. The number of hydrogen-bond donors (Lipinski definition) is 1. The summed E-state index contributed by atoms with van der Waals surface area (Å²) in [7, 11) is -3.40. The van der Waals surface area contributed by atoms with Crippen molar-refractivity contribution in [2.45, 2.75) is 91.8 Å². The Kier molecular flexibility index (Phi) is 11.8. The van der Waals surface area contributed by atoms with Gasteiger partial charge >= 0.3 is 7.60 Å². The van der Waals surface area contributed by atoms with Crippen LogP contribution in [0.15, 0.2) is 34.9 Å². The molecule has 1 unspecified atom stereocenters. The first-order valence-corrected chi connectivity index (χ1v) is 12.5. The Labute approximate surface area is 177 Å². The summed E-state index contributed by atoms with van der Waals surface area (Å²) in [5.41, 5.74) is 3.34. The molecule has 1 N–H and O–H groups in total. The number of carbonyl (C=O) groups is 1. The SMILES string of the molecule is CCOP(=O)(OCC)C1CC[C@H](/C=C(\C)CC/C=C(\C)CCC=C(C)C)NC1=O. The number of amides is 1. The van der Waals surface area contributed by atoms with E-state index in [0.29, 0.717) is 6.42 Å². The van der Waals surface area contributed by atoms with Crippen molar-refractivity contribution in [1.29, 1.82) is 0 Å². The minimum absolute atomic E-state index is 0.0156. The highest BCUT2D eigenvalue weighted by Gasteiger charge is 2.43. The Morgan fingerprint density at radius 2 is 1.59 bits per heavy atom. The van der Waals surface area contributed by atoms with Gasteiger partial charge < -0.3 is 14.4 Å². The van der Waals surface area contributed by atoms with Crippen LogP contribution in [0, 0.1) is 0 Å². The van der Waals surface area contributed by atoms with Crippen molar-refractivity contribution in [3.8, 4) is 0 Å². The molecule has 1 amide bonds. The van der Waals surface area contributed by atoms with Gasteiger partial charge in [0, 0.05) is 6.04 Å². The summed E-state index contributed by atoms with van der Waals surface area (Å²) in [5.74, 6) is -0.231. The van der Waals surface area contributed by atoms with Crippen molar-refractivity contribution in [3.63, 3.8) is 0 Å². The molecule has 0 bridgehead atoms. The third-order valence-corrected chi connectivity index (χ3v) is 7.48. The largest absolute Gasteiger partial charge is 0.349 e. The van der Waals surface area contributed by atoms with E-state index in [2.05, 4.69) is 51.2 Å². The summed E-state index contributed by atoms with van der Waals surface area (Å²) in [5, 5.41) is 2.99. The number of rotatable bonds is 12. The quantitative estimate of drug-likeness (QED) is 0.294. The molecular formula is C23H40NO4P. The van der Waals surface area contributed by atoms with Gasteiger partial charge in [0.05, 0.1) is 13.2 Å². The van der Waals surface area contributed by atoms with Gasteiger partial charge in [-0.3, -0.25) is 9.36 Å². The molecule has 0 aromatic rings. The minimum Gasteiger partial charge on any atom is -0.349 e. The Balaban J connectivity index is 2.54. The molecule has 0 aromatic carbocycles. The van der Waals surface area contributed by atoms with Crippen LogP contribution in [0.4, 0.5) is 0 Å². The van der Waals surface area contributed by atoms with Gasteiger partial charge in [0.25, 0.3) is 0 Å². The maximum atomic E-state index is 12.9. The molecule has 1 heterocycles. The van der Waals surface area contributed by atoms with Crippen LogP contribution < -0.4 is 5.32 Å². The van der Waals surface area contributed by atoms with Crippen LogP contribution in [0.3, 0.4) is 0 Å². The predicted octanol–water partition coefficient (Wildman–Crippen LogP) is 6.32. The average molecular weight is 426 g/mol. The summed E-state index contributed by atoms with van der Waals surface area (Å²) in [6.45, 7) is 12.6. The van der Waals surface area contributed by atoms with E-state index < -0.39 is 13.3 Å². The van der Waals surface area contributed by atoms with Crippen LogP contribution in [0.2, 0.25) is 0 Å². The third-order valence-electron chi connectivity index (χ3n) is 4.99. The summed E-state index contributed by atoms with van der Waals surface area (Å²) in [6, 6.07) is -0.0156. The second kappa shape index (κ2) is 13.2. The van der Waals surface area contributed by atoms with Gasteiger partial charge in [0.2, 0.25) is 5.91 Å². The van der Waals surface area contributed by atoms with Gasteiger partial charge in [-0.05, 0) is 80.1 Å².